The van der Waals surface area contributed by atoms with Crippen molar-refractivity contribution in [1.82, 2.24) is 4.98 Å². The summed E-state index contributed by atoms with van der Waals surface area (Å²) in [6, 6.07) is 4.12. The van der Waals surface area contributed by atoms with Crippen LogP contribution in [0, 0.1) is 13.8 Å². The highest BCUT2D eigenvalue weighted by Crippen LogP contribution is 2.21. The maximum atomic E-state index is 5.58. The van der Waals surface area contributed by atoms with E-state index in [-0.39, 0.29) is 0 Å². The molecule has 0 fully saturated rings. The van der Waals surface area contributed by atoms with Crippen LogP contribution in [0.4, 0.5) is 0 Å². The van der Waals surface area contributed by atoms with Crippen molar-refractivity contribution in [3.8, 4) is 0 Å². The van der Waals surface area contributed by atoms with Gasteiger partial charge >= 0.3 is 0 Å². The van der Waals surface area contributed by atoms with Crippen LogP contribution in [0.5, 0.6) is 0 Å². The Kier molecular flexibility index (Phi) is 2.25. The highest BCUT2D eigenvalue weighted by Gasteiger charge is 2.07. The van der Waals surface area contributed by atoms with E-state index in [1.54, 1.807) is 0 Å². The molecule has 3 heteroatoms. The van der Waals surface area contributed by atoms with Crippen LogP contribution >= 0.6 is 0 Å². The lowest BCUT2D eigenvalue weighted by Crippen LogP contribution is -2.02. The summed E-state index contributed by atoms with van der Waals surface area (Å²) in [6.07, 6.45) is 0.702. The molecule has 1 aromatic carbocycles. The Hall–Kier alpha value is -1.35. The normalized spacial score (nSPS) is 11.1. The van der Waals surface area contributed by atoms with E-state index in [1.165, 1.54) is 5.56 Å². The van der Waals surface area contributed by atoms with Gasteiger partial charge in [-0.05, 0) is 31.0 Å². The van der Waals surface area contributed by atoms with Gasteiger partial charge in [-0.2, -0.15) is 0 Å². The maximum absolute atomic E-state index is 5.58. The minimum Gasteiger partial charge on any atom is -0.441 e. The van der Waals surface area contributed by atoms with Gasteiger partial charge in [0.2, 0.25) is 0 Å². The Bertz CT molecular complexity index is 460. The fourth-order valence-electron chi connectivity index (χ4n) is 1.65. The molecule has 0 bridgehead atoms. The van der Waals surface area contributed by atoms with Crippen molar-refractivity contribution >= 4 is 11.1 Å². The topological polar surface area (TPSA) is 52.0 Å². The molecule has 2 aromatic rings. The Labute approximate surface area is 82.9 Å². The summed E-state index contributed by atoms with van der Waals surface area (Å²) >= 11 is 0. The van der Waals surface area contributed by atoms with E-state index in [4.69, 9.17) is 10.2 Å². The van der Waals surface area contributed by atoms with Crippen LogP contribution in [0.25, 0.3) is 11.1 Å². The Morgan fingerprint density at radius 3 is 2.86 bits per heavy atom. The van der Waals surface area contributed by atoms with Crippen LogP contribution in [-0.4, -0.2) is 11.5 Å². The van der Waals surface area contributed by atoms with Gasteiger partial charge in [-0.3, -0.25) is 0 Å². The van der Waals surface area contributed by atoms with Crippen molar-refractivity contribution < 1.29 is 4.42 Å². The minimum atomic E-state index is 0.574. The zero-order valence-electron chi connectivity index (χ0n) is 8.50. The molecular weight excluding hydrogens is 176 g/mol. The molecule has 1 aromatic heterocycles. The highest BCUT2D eigenvalue weighted by molar-refractivity contribution is 5.77. The maximum Gasteiger partial charge on any atom is 0.196 e. The molecule has 0 atom stereocenters. The van der Waals surface area contributed by atoms with E-state index in [2.05, 4.69) is 18.0 Å². The van der Waals surface area contributed by atoms with Gasteiger partial charge in [0.05, 0.1) is 0 Å². The lowest BCUT2D eigenvalue weighted by atomic mass is 10.1. The summed E-state index contributed by atoms with van der Waals surface area (Å²) in [6.45, 7) is 4.67. The van der Waals surface area contributed by atoms with E-state index in [0.29, 0.717) is 13.0 Å². The van der Waals surface area contributed by atoms with Crippen LogP contribution in [0.2, 0.25) is 0 Å². The molecule has 0 saturated carbocycles. The summed E-state index contributed by atoms with van der Waals surface area (Å²) in [5, 5.41) is 0. The zero-order valence-corrected chi connectivity index (χ0v) is 8.50. The summed E-state index contributed by atoms with van der Waals surface area (Å²) in [5.74, 6) is 0.733. The number of hydrogen-bond donors (Lipinski definition) is 1. The quantitative estimate of drug-likeness (QED) is 0.787. The first-order chi connectivity index (χ1) is 6.70. The number of rotatable bonds is 2. The molecule has 0 radical (unpaired) electrons. The largest absolute Gasteiger partial charge is 0.441 e. The molecule has 0 aliphatic heterocycles. The molecule has 0 saturated heterocycles. The van der Waals surface area contributed by atoms with Gasteiger partial charge in [0.15, 0.2) is 11.5 Å². The molecule has 14 heavy (non-hydrogen) atoms. The molecule has 0 spiro atoms. The zero-order chi connectivity index (χ0) is 10.1. The molecule has 0 unspecified atom stereocenters. The first-order valence-electron chi connectivity index (χ1n) is 4.77. The number of benzene rings is 1. The molecule has 74 valence electrons. The molecule has 2 rings (SSSR count). The van der Waals surface area contributed by atoms with Crippen LogP contribution in [0.1, 0.15) is 17.0 Å². The van der Waals surface area contributed by atoms with Gasteiger partial charge in [0, 0.05) is 13.0 Å². The average molecular weight is 190 g/mol. The van der Waals surface area contributed by atoms with E-state index in [0.717, 1.165) is 22.6 Å². The standard InChI is InChI=1S/C11H14N2O/c1-7-5-8(2)11-9(6-7)14-10(13-11)3-4-12/h5-6H,3-4,12H2,1-2H3. The lowest BCUT2D eigenvalue weighted by Gasteiger charge is -1.94. The number of oxazole rings is 1. The van der Waals surface area contributed by atoms with Gasteiger partial charge in [-0.1, -0.05) is 6.07 Å². The average Bonchev–Trinajstić information content (AvgIpc) is 2.48. The van der Waals surface area contributed by atoms with E-state index >= 15 is 0 Å². The summed E-state index contributed by atoms with van der Waals surface area (Å²) in [4.78, 5) is 4.40. The number of aryl methyl sites for hydroxylation is 2. The van der Waals surface area contributed by atoms with Gasteiger partial charge in [-0.15, -0.1) is 0 Å². The lowest BCUT2D eigenvalue weighted by molar-refractivity contribution is 0.531. The monoisotopic (exact) mass is 190 g/mol. The van der Waals surface area contributed by atoms with Gasteiger partial charge < -0.3 is 10.2 Å². The van der Waals surface area contributed by atoms with E-state index in [1.807, 2.05) is 13.0 Å². The van der Waals surface area contributed by atoms with Crippen LogP contribution in [0.3, 0.4) is 0 Å². The molecular formula is C11H14N2O. The first kappa shape index (κ1) is 9.21. The fraction of sp³-hybridized carbons (Fsp3) is 0.364. The van der Waals surface area contributed by atoms with Crippen molar-refractivity contribution in [3.05, 3.63) is 29.2 Å². The van der Waals surface area contributed by atoms with Gasteiger partial charge in [0.25, 0.3) is 0 Å². The molecule has 1 heterocycles. The summed E-state index contributed by atoms with van der Waals surface area (Å²) < 4.78 is 5.58. The van der Waals surface area contributed by atoms with Crippen LogP contribution < -0.4 is 5.73 Å². The number of aromatic nitrogens is 1. The summed E-state index contributed by atoms with van der Waals surface area (Å²) in [7, 11) is 0. The number of nitrogens with two attached hydrogens (primary N) is 1. The molecule has 0 aliphatic carbocycles. The second-order valence-electron chi connectivity index (χ2n) is 3.57. The van der Waals surface area contributed by atoms with E-state index in [9.17, 15) is 0 Å². The van der Waals surface area contributed by atoms with Crippen molar-refractivity contribution in [2.24, 2.45) is 5.73 Å². The number of hydrogen-bond acceptors (Lipinski definition) is 3. The van der Waals surface area contributed by atoms with Crippen molar-refractivity contribution in [2.45, 2.75) is 20.3 Å². The van der Waals surface area contributed by atoms with Crippen molar-refractivity contribution in [3.63, 3.8) is 0 Å². The Morgan fingerprint density at radius 1 is 1.36 bits per heavy atom. The van der Waals surface area contributed by atoms with Crippen molar-refractivity contribution in [2.75, 3.05) is 6.54 Å². The smallest absolute Gasteiger partial charge is 0.196 e. The molecule has 3 nitrogen and oxygen atoms in total. The predicted molar refractivity (Wildman–Crippen MR) is 56.2 cm³/mol. The van der Waals surface area contributed by atoms with Crippen LogP contribution in [-0.2, 0) is 6.42 Å². The summed E-state index contributed by atoms with van der Waals surface area (Å²) in [5.41, 5.74) is 9.63. The highest BCUT2D eigenvalue weighted by atomic mass is 16.3. The molecule has 0 aliphatic rings. The first-order valence-corrected chi connectivity index (χ1v) is 4.77. The van der Waals surface area contributed by atoms with Gasteiger partial charge in [0.1, 0.15) is 5.52 Å². The third-order valence-corrected chi connectivity index (χ3v) is 2.23. The molecule has 2 N–H and O–H groups in total. The minimum absolute atomic E-state index is 0.574. The number of fused-ring (bicyclic) bond motifs is 1. The van der Waals surface area contributed by atoms with Crippen LogP contribution in [0.15, 0.2) is 16.5 Å². The SMILES string of the molecule is Cc1cc(C)c2nc(CCN)oc2c1. The Morgan fingerprint density at radius 2 is 2.14 bits per heavy atom. The fourth-order valence-corrected chi connectivity index (χ4v) is 1.65. The second kappa shape index (κ2) is 3.42. The Balaban J connectivity index is 2.58. The molecule has 0 amide bonds. The third kappa shape index (κ3) is 1.51. The second-order valence-corrected chi connectivity index (χ2v) is 3.57. The predicted octanol–water partition coefficient (Wildman–Crippen LogP) is 1.95. The third-order valence-electron chi connectivity index (χ3n) is 2.23. The van der Waals surface area contributed by atoms with E-state index < -0.39 is 0 Å². The van der Waals surface area contributed by atoms with Gasteiger partial charge in [-0.25, -0.2) is 4.98 Å². The van der Waals surface area contributed by atoms with Crippen molar-refractivity contribution in [1.29, 1.82) is 0 Å². The number of nitrogens with zero attached hydrogens (tertiary/aromatic N) is 1.